The van der Waals surface area contributed by atoms with Crippen molar-refractivity contribution in [2.24, 2.45) is 0 Å². The van der Waals surface area contributed by atoms with Gasteiger partial charge in [-0.05, 0) is 40.8 Å². The van der Waals surface area contributed by atoms with Gasteiger partial charge in [-0.3, -0.25) is 4.98 Å². The summed E-state index contributed by atoms with van der Waals surface area (Å²) in [6.45, 7) is 0. The average molecular weight is 313 g/mol. The summed E-state index contributed by atoms with van der Waals surface area (Å²) in [5.74, 6) is 2.28. The van der Waals surface area contributed by atoms with Crippen LogP contribution in [0.15, 0.2) is 42.7 Å². The molecule has 0 radical (unpaired) electrons. The van der Waals surface area contributed by atoms with E-state index in [-0.39, 0.29) is 0 Å². The Bertz CT molecular complexity index is 768. The quantitative estimate of drug-likeness (QED) is 0.771. The number of fused-ring (bicyclic) bond motifs is 2. The van der Waals surface area contributed by atoms with E-state index in [0.717, 1.165) is 33.4 Å². The number of thioether (sulfide) groups is 1. The topological polar surface area (TPSA) is 33.1 Å². The van der Waals surface area contributed by atoms with E-state index in [1.165, 1.54) is 16.2 Å². The van der Waals surface area contributed by atoms with Crippen LogP contribution in [0.2, 0.25) is 0 Å². The lowest BCUT2D eigenvalue weighted by Gasteiger charge is -2.12. The number of benzene rings is 1. The molecule has 3 heterocycles. The number of aromatic nitrogens is 1. The van der Waals surface area contributed by atoms with E-state index < -0.39 is 6.10 Å². The van der Waals surface area contributed by atoms with Gasteiger partial charge in [-0.25, -0.2) is 0 Å². The smallest absolute Gasteiger partial charge is 0.114 e. The fourth-order valence-electron chi connectivity index (χ4n) is 2.84. The van der Waals surface area contributed by atoms with Crippen LogP contribution in [0.25, 0.3) is 10.8 Å². The second kappa shape index (κ2) is 5.44. The van der Waals surface area contributed by atoms with Gasteiger partial charge >= 0.3 is 0 Å². The van der Waals surface area contributed by atoms with Crippen LogP contribution in [0.1, 0.15) is 27.0 Å². The molecule has 3 aromatic rings. The summed E-state index contributed by atoms with van der Waals surface area (Å²) in [6.07, 6.45) is 4.23. The molecule has 4 rings (SSSR count). The SMILES string of the molecule is OC(c1cc2c(s1)CCSC2)c1cccc2cnccc12. The molecule has 1 unspecified atom stereocenters. The summed E-state index contributed by atoms with van der Waals surface area (Å²) in [6, 6.07) is 10.2. The maximum atomic E-state index is 10.8. The Balaban J connectivity index is 1.79. The number of aliphatic hydroxyl groups is 1. The van der Waals surface area contributed by atoms with Gasteiger partial charge in [-0.1, -0.05) is 18.2 Å². The first-order chi connectivity index (χ1) is 10.3. The average Bonchev–Trinajstić information content (AvgIpc) is 2.97. The molecule has 2 aromatic heterocycles. The summed E-state index contributed by atoms with van der Waals surface area (Å²) >= 11 is 3.75. The number of hydrogen-bond donors (Lipinski definition) is 1. The van der Waals surface area contributed by atoms with Crippen LogP contribution < -0.4 is 0 Å². The number of rotatable bonds is 2. The summed E-state index contributed by atoms with van der Waals surface area (Å²) in [7, 11) is 0. The van der Waals surface area contributed by atoms with Crippen molar-refractivity contribution in [3.8, 4) is 0 Å². The number of nitrogens with zero attached hydrogens (tertiary/aromatic N) is 1. The molecule has 1 aliphatic rings. The van der Waals surface area contributed by atoms with E-state index in [1.807, 2.05) is 42.2 Å². The Morgan fingerprint density at radius 1 is 1.24 bits per heavy atom. The second-order valence-corrected chi connectivity index (χ2v) is 7.52. The molecule has 0 saturated carbocycles. The number of aliphatic hydroxyl groups excluding tert-OH is 1. The van der Waals surface area contributed by atoms with Crippen molar-refractivity contribution in [3.63, 3.8) is 0 Å². The first-order valence-corrected chi connectivity index (χ1v) is 9.00. The molecule has 1 atom stereocenters. The molecule has 2 nitrogen and oxygen atoms in total. The normalized spacial score (nSPS) is 15.9. The molecule has 0 aliphatic carbocycles. The molecule has 0 bridgehead atoms. The van der Waals surface area contributed by atoms with Gasteiger partial charge in [0.2, 0.25) is 0 Å². The first-order valence-electron chi connectivity index (χ1n) is 7.03. The zero-order valence-corrected chi connectivity index (χ0v) is 13.1. The minimum absolute atomic E-state index is 0.545. The lowest BCUT2D eigenvalue weighted by Crippen LogP contribution is -1.98. The van der Waals surface area contributed by atoms with Crippen molar-refractivity contribution >= 4 is 33.9 Å². The van der Waals surface area contributed by atoms with E-state index in [1.54, 1.807) is 17.5 Å². The van der Waals surface area contributed by atoms with Crippen LogP contribution in [0.4, 0.5) is 0 Å². The Hall–Kier alpha value is -1.36. The predicted molar refractivity (Wildman–Crippen MR) is 90.0 cm³/mol. The fraction of sp³-hybridized carbons (Fsp3) is 0.235. The van der Waals surface area contributed by atoms with Gasteiger partial charge in [0.15, 0.2) is 0 Å². The second-order valence-electron chi connectivity index (χ2n) is 5.25. The maximum Gasteiger partial charge on any atom is 0.114 e. The number of thiophene rings is 1. The van der Waals surface area contributed by atoms with E-state index in [0.29, 0.717) is 0 Å². The highest BCUT2D eigenvalue weighted by atomic mass is 32.2. The minimum Gasteiger partial charge on any atom is -0.383 e. The monoisotopic (exact) mass is 313 g/mol. The van der Waals surface area contributed by atoms with E-state index in [9.17, 15) is 5.11 Å². The number of pyridine rings is 1. The van der Waals surface area contributed by atoms with Crippen LogP contribution in [-0.2, 0) is 12.2 Å². The molecule has 4 heteroatoms. The fourth-order valence-corrected chi connectivity index (χ4v) is 5.23. The summed E-state index contributed by atoms with van der Waals surface area (Å²) in [4.78, 5) is 6.67. The van der Waals surface area contributed by atoms with Crippen molar-refractivity contribution in [1.82, 2.24) is 4.98 Å². The van der Waals surface area contributed by atoms with E-state index >= 15 is 0 Å². The third kappa shape index (κ3) is 2.37. The summed E-state index contributed by atoms with van der Waals surface area (Å²) in [5, 5.41) is 13.0. The van der Waals surface area contributed by atoms with Gasteiger partial charge in [0, 0.05) is 33.3 Å². The molecular formula is C17H15NOS2. The number of hydrogen-bond acceptors (Lipinski definition) is 4. The lowest BCUT2D eigenvalue weighted by atomic mass is 10.0. The molecule has 106 valence electrons. The van der Waals surface area contributed by atoms with Gasteiger partial charge in [-0.2, -0.15) is 11.8 Å². The molecular weight excluding hydrogens is 298 g/mol. The molecule has 21 heavy (non-hydrogen) atoms. The Morgan fingerprint density at radius 3 is 3.10 bits per heavy atom. The predicted octanol–water partition coefficient (Wildman–Crippen LogP) is 4.17. The van der Waals surface area contributed by atoms with Crippen molar-refractivity contribution in [3.05, 3.63) is 63.6 Å². The largest absolute Gasteiger partial charge is 0.383 e. The maximum absolute atomic E-state index is 10.8. The van der Waals surface area contributed by atoms with Crippen molar-refractivity contribution in [2.75, 3.05) is 5.75 Å². The first kappa shape index (κ1) is 13.3. The molecule has 1 aliphatic heterocycles. The highest BCUT2D eigenvalue weighted by Gasteiger charge is 2.20. The third-order valence-corrected chi connectivity index (χ3v) is 6.22. The van der Waals surface area contributed by atoms with Gasteiger partial charge in [0.1, 0.15) is 6.10 Å². The van der Waals surface area contributed by atoms with E-state index in [2.05, 4.69) is 11.1 Å². The van der Waals surface area contributed by atoms with Crippen LogP contribution in [0.5, 0.6) is 0 Å². The molecule has 0 amide bonds. The zero-order chi connectivity index (χ0) is 14.2. The Morgan fingerprint density at radius 2 is 2.19 bits per heavy atom. The minimum atomic E-state index is -0.545. The molecule has 1 N–H and O–H groups in total. The van der Waals surface area contributed by atoms with Gasteiger partial charge in [0.25, 0.3) is 0 Å². The van der Waals surface area contributed by atoms with Gasteiger partial charge in [0.05, 0.1) is 0 Å². The summed E-state index contributed by atoms with van der Waals surface area (Å²) < 4.78 is 0. The third-order valence-electron chi connectivity index (χ3n) is 3.93. The molecule has 0 spiro atoms. The standard InChI is InChI=1S/C17H15NOS2/c19-17(16-8-12-10-20-7-5-15(12)21-16)14-3-1-2-11-9-18-6-4-13(11)14/h1-4,6,8-9,17,19H,5,7,10H2. The lowest BCUT2D eigenvalue weighted by molar-refractivity contribution is 0.225. The van der Waals surface area contributed by atoms with Crippen LogP contribution >= 0.6 is 23.1 Å². The van der Waals surface area contributed by atoms with Crippen molar-refractivity contribution < 1.29 is 5.11 Å². The highest BCUT2D eigenvalue weighted by molar-refractivity contribution is 7.98. The Kier molecular flexibility index (Phi) is 3.45. The van der Waals surface area contributed by atoms with E-state index in [4.69, 9.17) is 0 Å². The van der Waals surface area contributed by atoms with Crippen LogP contribution in [0, 0.1) is 0 Å². The molecule has 0 saturated heterocycles. The number of aryl methyl sites for hydroxylation is 1. The van der Waals surface area contributed by atoms with Gasteiger partial charge < -0.3 is 5.11 Å². The highest BCUT2D eigenvalue weighted by Crippen LogP contribution is 2.37. The zero-order valence-electron chi connectivity index (χ0n) is 11.5. The van der Waals surface area contributed by atoms with Crippen molar-refractivity contribution in [2.45, 2.75) is 18.3 Å². The Labute approximate surface area is 131 Å². The van der Waals surface area contributed by atoms with Crippen LogP contribution in [-0.4, -0.2) is 15.8 Å². The molecule has 0 fully saturated rings. The van der Waals surface area contributed by atoms with Crippen molar-refractivity contribution in [1.29, 1.82) is 0 Å². The summed E-state index contributed by atoms with van der Waals surface area (Å²) in [5.41, 5.74) is 2.38. The molecule has 1 aromatic carbocycles. The van der Waals surface area contributed by atoms with Gasteiger partial charge in [-0.15, -0.1) is 11.3 Å². The van der Waals surface area contributed by atoms with Crippen LogP contribution in [0.3, 0.4) is 0 Å².